The Hall–Kier alpha value is -1.82. The monoisotopic (exact) mass is 350 g/mol. The molecule has 0 bridgehead atoms. The minimum atomic E-state index is -0.192. The fourth-order valence-corrected chi connectivity index (χ4v) is 2.79. The van der Waals surface area contributed by atoms with Crippen molar-refractivity contribution in [2.45, 2.75) is 20.3 Å². The van der Waals surface area contributed by atoms with Crippen LogP contribution in [0.3, 0.4) is 0 Å². The van der Waals surface area contributed by atoms with Crippen LogP contribution in [0.15, 0.2) is 22.7 Å². The van der Waals surface area contributed by atoms with Crippen molar-refractivity contribution in [2.24, 2.45) is 0 Å². The molecule has 0 N–H and O–H groups in total. The van der Waals surface area contributed by atoms with E-state index in [-0.39, 0.29) is 5.91 Å². The Morgan fingerprint density at radius 3 is 2.48 bits per heavy atom. The lowest BCUT2D eigenvalue weighted by Gasteiger charge is -2.11. The molecule has 0 saturated heterocycles. The Kier molecular flexibility index (Phi) is 3.71. The Labute approximate surface area is 131 Å². The first kappa shape index (κ1) is 14.1. The molecule has 0 unspecified atom stereocenters. The highest BCUT2D eigenvalue weighted by Crippen LogP contribution is 2.35. The fourth-order valence-electron chi connectivity index (χ4n) is 2.30. The summed E-state index contributed by atoms with van der Waals surface area (Å²) < 4.78 is 13.3. The molecule has 3 rings (SSSR count). The number of carbonyl (C=O) groups is 1. The van der Waals surface area contributed by atoms with Crippen LogP contribution in [0.1, 0.15) is 28.2 Å². The van der Waals surface area contributed by atoms with E-state index < -0.39 is 0 Å². The smallest absolute Gasteiger partial charge is 0.279 e. The van der Waals surface area contributed by atoms with Gasteiger partial charge in [-0.1, -0.05) is 0 Å². The second-order valence-corrected chi connectivity index (χ2v) is 5.83. The maximum atomic E-state index is 12.6. The van der Waals surface area contributed by atoms with Gasteiger partial charge in [-0.25, -0.2) is 4.68 Å². The average Bonchev–Trinajstić information content (AvgIpc) is 2.64. The number of hydrogen-bond acceptors (Lipinski definition) is 4. The van der Waals surface area contributed by atoms with Gasteiger partial charge in [-0.05, 0) is 48.0 Å². The first-order chi connectivity index (χ1) is 10.1. The minimum Gasteiger partial charge on any atom is -0.490 e. The van der Waals surface area contributed by atoms with E-state index in [9.17, 15) is 4.79 Å². The first-order valence-corrected chi connectivity index (χ1v) is 7.52. The molecule has 1 aliphatic heterocycles. The normalized spacial score (nSPS) is 13.9. The van der Waals surface area contributed by atoms with E-state index in [0.29, 0.717) is 34.7 Å². The van der Waals surface area contributed by atoms with Crippen LogP contribution in [0, 0.1) is 13.8 Å². The van der Waals surface area contributed by atoms with E-state index in [1.54, 1.807) is 12.1 Å². The van der Waals surface area contributed by atoms with E-state index in [1.807, 2.05) is 19.9 Å². The summed E-state index contributed by atoms with van der Waals surface area (Å²) in [6.45, 7) is 4.92. The third kappa shape index (κ3) is 2.68. The van der Waals surface area contributed by atoms with Crippen molar-refractivity contribution in [3.8, 4) is 11.5 Å². The average molecular weight is 351 g/mol. The molecule has 0 atom stereocenters. The highest BCUT2D eigenvalue weighted by molar-refractivity contribution is 9.10. The zero-order chi connectivity index (χ0) is 15.0. The third-order valence-corrected chi connectivity index (χ3v) is 3.93. The Morgan fingerprint density at radius 1 is 1.19 bits per heavy atom. The van der Waals surface area contributed by atoms with Crippen LogP contribution >= 0.6 is 15.9 Å². The zero-order valence-corrected chi connectivity index (χ0v) is 13.4. The van der Waals surface area contributed by atoms with Crippen molar-refractivity contribution in [3.63, 3.8) is 0 Å². The molecule has 0 spiro atoms. The number of fused-ring (bicyclic) bond motifs is 1. The van der Waals surface area contributed by atoms with Crippen LogP contribution in [0.4, 0.5) is 0 Å². The number of halogens is 1. The van der Waals surface area contributed by atoms with E-state index in [4.69, 9.17) is 9.47 Å². The molecule has 0 radical (unpaired) electrons. The second kappa shape index (κ2) is 5.52. The Morgan fingerprint density at radius 2 is 1.86 bits per heavy atom. The Bertz CT molecular complexity index is 709. The predicted octanol–water partition coefficient (Wildman–Crippen LogP) is 3.11. The third-order valence-electron chi connectivity index (χ3n) is 3.27. The summed E-state index contributed by atoms with van der Waals surface area (Å²) in [6.07, 6.45) is 0.826. The Balaban J connectivity index is 2.04. The molecule has 2 aromatic rings. The lowest BCUT2D eigenvalue weighted by Crippen LogP contribution is -2.16. The number of benzene rings is 1. The molecular weight excluding hydrogens is 336 g/mol. The maximum Gasteiger partial charge on any atom is 0.279 e. The molecule has 0 aliphatic carbocycles. The summed E-state index contributed by atoms with van der Waals surface area (Å²) >= 11 is 3.43. The SMILES string of the molecule is Cc1cc(C)n(C(=O)c2cc3c(cc2Br)OCCCO3)n1. The van der Waals surface area contributed by atoms with Gasteiger partial charge in [0.15, 0.2) is 11.5 Å². The van der Waals surface area contributed by atoms with Crippen molar-refractivity contribution < 1.29 is 14.3 Å². The number of ether oxygens (including phenoxy) is 2. The highest BCUT2D eigenvalue weighted by atomic mass is 79.9. The van der Waals surface area contributed by atoms with Gasteiger partial charge in [-0.3, -0.25) is 4.79 Å². The first-order valence-electron chi connectivity index (χ1n) is 6.73. The van der Waals surface area contributed by atoms with Crippen LogP contribution < -0.4 is 9.47 Å². The van der Waals surface area contributed by atoms with Gasteiger partial charge >= 0.3 is 0 Å². The molecule has 21 heavy (non-hydrogen) atoms. The molecule has 1 aromatic heterocycles. The number of carbonyl (C=O) groups excluding carboxylic acids is 1. The van der Waals surface area contributed by atoms with Gasteiger partial charge in [0.05, 0.1) is 24.5 Å². The summed E-state index contributed by atoms with van der Waals surface area (Å²) in [4.78, 5) is 12.6. The summed E-state index contributed by atoms with van der Waals surface area (Å²) in [5.41, 5.74) is 2.12. The van der Waals surface area contributed by atoms with Crippen molar-refractivity contribution in [2.75, 3.05) is 13.2 Å². The van der Waals surface area contributed by atoms with Gasteiger partial charge in [-0.15, -0.1) is 0 Å². The van der Waals surface area contributed by atoms with E-state index in [0.717, 1.165) is 17.8 Å². The van der Waals surface area contributed by atoms with E-state index >= 15 is 0 Å². The van der Waals surface area contributed by atoms with Crippen LogP contribution in [-0.2, 0) is 0 Å². The van der Waals surface area contributed by atoms with E-state index in [1.165, 1.54) is 4.68 Å². The van der Waals surface area contributed by atoms with Crippen LogP contribution in [0.2, 0.25) is 0 Å². The molecule has 110 valence electrons. The van der Waals surface area contributed by atoms with Gasteiger partial charge in [0.25, 0.3) is 5.91 Å². The van der Waals surface area contributed by atoms with Crippen LogP contribution in [0.5, 0.6) is 11.5 Å². The van der Waals surface area contributed by atoms with E-state index in [2.05, 4.69) is 21.0 Å². The number of rotatable bonds is 1. The van der Waals surface area contributed by atoms with Crippen molar-refractivity contribution in [1.82, 2.24) is 9.78 Å². The summed E-state index contributed by atoms with van der Waals surface area (Å²) in [5, 5.41) is 4.23. The summed E-state index contributed by atoms with van der Waals surface area (Å²) in [5.74, 6) is 1.06. The summed E-state index contributed by atoms with van der Waals surface area (Å²) in [7, 11) is 0. The van der Waals surface area contributed by atoms with Crippen LogP contribution in [0.25, 0.3) is 0 Å². The highest BCUT2D eigenvalue weighted by Gasteiger charge is 2.20. The lowest BCUT2D eigenvalue weighted by molar-refractivity contribution is 0.0941. The van der Waals surface area contributed by atoms with Crippen molar-refractivity contribution in [1.29, 1.82) is 0 Å². The lowest BCUT2D eigenvalue weighted by atomic mass is 10.2. The molecule has 6 heteroatoms. The van der Waals surface area contributed by atoms with Crippen molar-refractivity contribution >= 4 is 21.8 Å². The number of nitrogens with zero attached hydrogens (tertiary/aromatic N) is 2. The van der Waals surface area contributed by atoms with Gasteiger partial charge in [0.2, 0.25) is 0 Å². The van der Waals surface area contributed by atoms with Gasteiger partial charge in [0, 0.05) is 16.6 Å². The fraction of sp³-hybridized carbons (Fsp3) is 0.333. The molecule has 1 aliphatic rings. The molecule has 0 amide bonds. The zero-order valence-electron chi connectivity index (χ0n) is 11.9. The topological polar surface area (TPSA) is 53.4 Å². The number of hydrogen-bond donors (Lipinski definition) is 0. The number of aryl methyl sites for hydroxylation is 2. The van der Waals surface area contributed by atoms with Gasteiger partial charge < -0.3 is 9.47 Å². The van der Waals surface area contributed by atoms with Crippen LogP contribution in [-0.4, -0.2) is 28.9 Å². The second-order valence-electron chi connectivity index (χ2n) is 4.97. The standard InChI is InChI=1S/C15H15BrN2O3/c1-9-6-10(2)18(17-9)15(19)11-7-13-14(8-12(11)16)21-5-3-4-20-13/h6-8H,3-5H2,1-2H3. The molecule has 5 nitrogen and oxygen atoms in total. The largest absolute Gasteiger partial charge is 0.490 e. The van der Waals surface area contributed by atoms with Crippen molar-refractivity contribution in [3.05, 3.63) is 39.6 Å². The molecular formula is C15H15BrN2O3. The predicted molar refractivity (Wildman–Crippen MR) is 81.2 cm³/mol. The van der Waals surface area contributed by atoms with Gasteiger partial charge in [0.1, 0.15) is 0 Å². The maximum absolute atomic E-state index is 12.6. The minimum absolute atomic E-state index is 0.192. The molecule has 0 fully saturated rings. The molecule has 1 aromatic carbocycles. The summed E-state index contributed by atoms with van der Waals surface area (Å²) in [6, 6.07) is 5.36. The molecule has 2 heterocycles. The number of aromatic nitrogens is 2. The van der Waals surface area contributed by atoms with Gasteiger partial charge in [-0.2, -0.15) is 5.10 Å². The quantitative estimate of drug-likeness (QED) is 0.792. The molecule has 0 saturated carbocycles.